The third-order valence-corrected chi connectivity index (χ3v) is 6.09. The molecule has 2 aromatic carbocycles. The standard InChI is InChI=1S/C26H38O3/c1-7-19(4)25(27)18-28-23-14-10-20(11-15-23)26(5,6)21-12-16-24(17-13-21)29-22(8-2)9-3/h10-17,19,22,25,27H,7-9,18H2,1-6H3. The molecule has 0 radical (unpaired) electrons. The fourth-order valence-corrected chi connectivity index (χ4v) is 3.35. The van der Waals surface area contributed by atoms with Gasteiger partial charge < -0.3 is 14.6 Å². The Morgan fingerprint density at radius 3 is 1.72 bits per heavy atom. The highest BCUT2D eigenvalue weighted by atomic mass is 16.5. The van der Waals surface area contributed by atoms with Crippen molar-refractivity contribution in [3.63, 3.8) is 0 Å². The van der Waals surface area contributed by atoms with Gasteiger partial charge in [0, 0.05) is 5.41 Å². The van der Waals surface area contributed by atoms with Crippen molar-refractivity contribution in [2.75, 3.05) is 6.61 Å². The van der Waals surface area contributed by atoms with E-state index in [4.69, 9.17) is 9.47 Å². The summed E-state index contributed by atoms with van der Waals surface area (Å²) in [6.45, 7) is 13.2. The number of hydrogen-bond acceptors (Lipinski definition) is 3. The molecule has 0 aliphatic rings. The number of aliphatic hydroxyl groups excluding tert-OH is 1. The Balaban J connectivity index is 2.05. The van der Waals surface area contributed by atoms with Gasteiger partial charge in [0.25, 0.3) is 0 Å². The first kappa shape index (κ1) is 23.3. The van der Waals surface area contributed by atoms with Crippen molar-refractivity contribution in [2.45, 2.75) is 78.4 Å². The minimum absolute atomic E-state index is 0.123. The second-order valence-electron chi connectivity index (χ2n) is 8.49. The van der Waals surface area contributed by atoms with Crippen molar-refractivity contribution in [2.24, 2.45) is 5.92 Å². The first-order valence-corrected chi connectivity index (χ1v) is 11.0. The molecule has 160 valence electrons. The van der Waals surface area contributed by atoms with Crippen molar-refractivity contribution in [1.82, 2.24) is 0 Å². The number of benzene rings is 2. The molecule has 2 aromatic rings. The van der Waals surface area contributed by atoms with Crippen molar-refractivity contribution in [1.29, 1.82) is 0 Å². The van der Waals surface area contributed by atoms with Crippen LogP contribution in [0.25, 0.3) is 0 Å². The lowest BCUT2D eigenvalue weighted by atomic mass is 9.78. The van der Waals surface area contributed by atoms with Crippen molar-refractivity contribution >= 4 is 0 Å². The van der Waals surface area contributed by atoms with Gasteiger partial charge in [-0.15, -0.1) is 0 Å². The van der Waals surface area contributed by atoms with Gasteiger partial charge >= 0.3 is 0 Å². The maximum Gasteiger partial charge on any atom is 0.119 e. The van der Waals surface area contributed by atoms with Gasteiger partial charge in [0.15, 0.2) is 0 Å². The Morgan fingerprint density at radius 1 is 0.793 bits per heavy atom. The van der Waals surface area contributed by atoms with Crippen LogP contribution in [0.4, 0.5) is 0 Å². The fourth-order valence-electron chi connectivity index (χ4n) is 3.35. The minimum Gasteiger partial charge on any atom is -0.491 e. The van der Waals surface area contributed by atoms with Crippen LogP contribution in [0.3, 0.4) is 0 Å². The molecule has 0 fully saturated rings. The van der Waals surface area contributed by atoms with E-state index >= 15 is 0 Å². The monoisotopic (exact) mass is 398 g/mol. The van der Waals surface area contributed by atoms with Crippen LogP contribution in [-0.4, -0.2) is 23.9 Å². The van der Waals surface area contributed by atoms with Crippen molar-refractivity contribution < 1.29 is 14.6 Å². The Morgan fingerprint density at radius 2 is 1.28 bits per heavy atom. The van der Waals surface area contributed by atoms with E-state index in [9.17, 15) is 5.11 Å². The second-order valence-corrected chi connectivity index (χ2v) is 8.49. The Hall–Kier alpha value is -2.00. The van der Waals surface area contributed by atoms with E-state index in [1.807, 2.05) is 19.1 Å². The van der Waals surface area contributed by atoms with Gasteiger partial charge in [-0.3, -0.25) is 0 Å². The summed E-state index contributed by atoms with van der Waals surface area (Å²) in [7, 11) is 0. The van der Waals surface area contributed by atoms with Gasteiger partial charge in [0.2, 0.25) is 0 Å². The summed E-state index contributed by atoms with van der Waals surface area (Å²) in [6, 6.07) is 16.7. The molecule has 29 heavy (non-hydrogen) atoms. The van der Waals surface area contributed by atoms with Crippen LogP contribution in [0, 0.1) is 5.92 Å². The van der Waals surface area contributed by atoms with E-state index in [0.717, 1.165) is 30.8 Å². The van der Waals surface area contributed by atoms with Crippen LogP contribution in [0.1, 0.15) is 71.9 Å². The molecule has 0 heterocycles. The van der Waals surface area contributed by atoms with Gasteiger partial charge in [0.1, 0.15) is 18.1 Å². The normalized spacial score (nSPS) is 13.9. The van der Waals surface area contributed by atoms with Gasteiger partial charge in [0.05, 0.1) is 12.2 Å². The highest BCUT2D eigenvalue weighted by Crippen LogP contribution is 2.33. The number of ether oxygens (including phenoxy) is 2. The molecule has 1 N–H and O–H groups in total. The predicted molar refractivity (Wildman–Crippen MR) is 121 cm³/mol. The van der Waals surface area contributed by atoms with Gasteiger partial charge in [-0.2, -0.15) is 0 Å². The molecule has 0 saturated carbocycles. The average molecular weight is 399 g/mol. The van der Waals surface area contributed by atoms with E-state index in [0.29, 0.717) is 6.61 Å². The first-order valence-electron chi connectivity index (χ1n) is 11.0. The minimum atomic E-state index is -0.433. The number of rotatable bonds is 11. The quantitative estimate of drug-likeness (QED) is 0.478. The van der Waals surface area contributed by atoms with Crippen LogP contribution in [0.2, 0.25) is 0 Å². The third kappa shape index (κ3) is 6.24. The van der Waals surface area contributed by atoms with Gasteiger partial charge in [-0.25, -0.2) is 0 Å². The van der Waals surface area contributed by atoms with Gasteiger partial charge in [-0.1, -0.05) is 72.2 Å². The summed E-state index contributed by atoms with van der Waals surface area (Å²) in [5, 5.41) is 10.1. The van der Waals surface area contributed by atoms with E-state index in [-0.39, 0.29) is 17.4 Å². The summed E-state index contributed by atoms with van der Waals surface area (Å²) in [4.78, 5) is 0. The summed E-state index contributed by atoms with van der Waals surface area (Å²) in [6.07, 6.45) is 2.83. The van der Waals surface area contributed by atoms with Crippen molar-refractivity contribution in [3.8, 4) is 11.5 Å². The number of aliphatic hydroxyl groups is 1. The Labute approximate surface area is 177 Å². The third-order valence-electron chi connectivity index (χ3n) is 6.09. The van der Waals surface area contributed by atoms with Gasteiger partial charge in [-0.05, 0) is 54.2 Å². The van der Waals surface area contributed by atoms with E-state index in [2.05, 4.69) is 71.0 Å². The molecule has 0 saturated heterocycles. The van der Waals surface area contributed by atoms with Crippen LogP contribution in [-0.2, 0) is 5.41 Å². The van der Waals surface area contributed by atoms with Crippen LogP contribution < -0.4 is 9.47 Å². The molecule has 2 atom stereocenters. The smallest absolute Gasteiger partial charge is 0.119 e. The summed E-state index contributed by atoms with van der Waals surface area (Å²) >= 11 is 0. The van der Waals surface area contributed by atoms with Crippen LogP contribution in [0.5, 0.6) is 11.5 Å². The topological polar surface area (TPSA) is 38.7 Å². The molecular formula is C26H38O3. The molecule has 0 amide bonds. The molecule has 0 bridgehead atoms. The lowest BCUT2D eigenvalue weighted by Crippen LogP contribution is -2.24. The average Bonchev–Trinajstić information content (AvgIpc) is 2.75. The predicted octanol–water partition coefficient (Wildman–Crippen LogP) is 6.37. The molecular weight excluding hydrogens is 360 g/mol. The zero-order valence-corrected chi connectivity index (χ0v) is 18.9. The maximum atomic E-state index is 10.1. The fraction of sp³-hybridized carbons (Fsp3) is 0.538. The second kappa shape index (κ2) is 10.7. The lowest BCUT2D eigenvalue weighted by Gasteiger charge is -2.27. The zero-order valence-electron chi connectivity index (χ0n) is 18.9. The molecule has 0 aliphatic heterocycles. The zero-order chi connectivity index (χ0) is 21.4. The first-order chi connectivity index (χ1) is 13.8. The summed E-state index contributed by atoms with van der Waals surface area (Å²) in [5.74, 6) is 1.97. The molecule has 0 aromatic heterocycles. The Kier molecular flexibility index (Phi) is 8.58. The molecule has 2 unspecified atom stereocenters. The number of hydrogen-bond donors (Lipinski definition) is 1. The maximum absolute atomic E-state index is 10.1. The SMILES string of the molecule is CCC(CC)Oc1ccc(C(C)(C)c2ccc(OCC(O)C(C)CC)cc2)cc1. The highest BCUT2D eigenvalue weighted by Gasteiger charge is 2.23. The molecule has 0 spiro atoms. The van der Waals surface area contributed by atoms with Crippen LogP contribution in [0.15, 0.2) is 48.5 Å². The largest absolute Gasteiger partial charge is 0.491 e. The highest BCUT2D eigenvalue weighted by molar-refractivity contribution is 5.41. The van der Waals surface area contributed by atoms with E-state index in [1.54, 1.807) is 0 Å². The van der Waals surface area contributed by atoms with E-state index < -0.39 is 6.10 Å². The molecule has 3 nitrogen and oxygen atoms in total. The van der Waals surface area contributed by atoms with Crippen LogP contribution >= 0.6 is 0 Å². The summed E-state index contributed by atoms with van der Waals surface area (Å²) < 4.78 is 11.8. The van der Waals surface area contributed by atoms with E-state index in [1.165, 1.54) is 11.1 Å². The molecule has 3 heteroatoms. The van der Waals surface area contributed by atoms with Crippen molar-refractivity contribution in [3.05, 3.63) is 59.7 Å². The lowest BCUT2D eigenvalue weighted by molar-refractivity contribution is 0.0622. The Bertz CT molecular complexity index is 715. The molecule has 0 aliphatic carbocycles. The molecule has 2 rings (SSSR count). The summed E-state index contributed by atoms with van der Waals surface area (Å²) in [5.41, 5.74) is 2.35.